The summed E-state index contributed by atoms with van der Waals surface area (Å²) < 4.78 is 29.3. The Hall–Kier alpha value is -2.07. The maximum atomic E-state index is 12.0. The molecule has 1 N–H and O–H groups in total. The number of amides is 1. The number of rotatable bonds is 5. The van der Waals surface area contributed by atoms with Crippen molar-refractivity contribution in [2.75, 3.05) is 23.5 Å². The Morgan fingerprint density at radius 3 is 2.81 bits per heavy atom. The Kier molecular flexibility index (Phi) is 5.24. The number of ether oxygens (including phenoxy) is 1. The van der Waals surface area contributed by atoms with Crippen LogP contribution >= 0.6 is 11.8 Å². The average molecular weight is 398 g/mol. The number of aliphatic imine (C=N–C) groups is 1. The van der Waals surface area contributed by atoms with Gasteiger partial charge in [0, 0.05) is 23.4 Å². The fourth-order valence-electron chi connectivity index (χ4n) is 3.00. The molecule has 1 aromatic carbocycles. The first-order valence-corrected chi connectivity index (χ1v) is 10.6. The van der Waals surface area contributed by atoms with Gasteiger partial charge in [0.15, 0.2) is 15.0 Å². The van der Waals surface area contributed by atoms with Gasteiger partial charge < -0.3 is 14.7 Å². The number of carbonyl (C=O) groups is 2. The van der Waals surface area contributed by atoms with E-state index in [0.29, 0.717) is 16.6 Å². The Morgan fingerprint density at radius 1 is 1.35 bits per heavy atom. The number of carboxylic acids is 1. The second kappa shape index (κ2) is 7.28. The maximum absolute atomic E-state index is 12.0. The first-order valence-electron chi connectivity index (χ1n) is 7.93. The lowest BCUT2D eigenvalue weighted by molar-refractivity contribution is -0.138. The van der Waals surface area contributed by atoms with Crippen LogP contribution in [0.15, 0.2) is 29.3 Å². The summed E-state index contributed by atoms with van der Waals surface area (Å²) in [7, 11) is -1.61. The van der Waals surface area contributed by atoms with Crippen molar-refractivity contribution in [2.24, 2.45) is 4.99 Å². The lowest BCUT2D eigenvalue weighted by Crippen LogP contribution is -2.37. The smallest absolute Gasteiger partial charge is 0.303 e. The number of sulfone groups is 1. The van der Waals surface area contributed by atoms with Crippen LogP contribution in [-0.4, -0.2) is 60.5 Å². The molecule has 10 heteroatoms. The van der Waals surface area contributed by atoms with Gasteiger partial charge in [-0.2, -0.15) is 4.99 Å². The fourth-order valence-corrected chi connectivity index (χ4v) is 6.93. The average Bonchev–Trinajstić information content (AvgIpc) is 3.03. The number of carboxylic acid groups (broad SMARTS) is 1. The number of hydrogen-bond acceptors (Lipinski definition) is 6. The minimum absolute atomic E-state index is 0.00971. The number of carbonyl (C=O) groups excluding carboxylic acids is 1. The van der Waals surface area contributed by atoms with Crippen LogP contribution in [0.25, 0.3) is 0 Å². The van der Waals surface area contributed by atoms with Crippen molar-refractivity contribution in [1.82, 2.24) is 0 Å². The number of hydrogen-bond donors (Lipinski definition) is 1. The first-order chi connectivity index (χ1) is 12.3. The fraction of sp³-hybridized carbons (Fsp3) is 0.438. The number of aliphatic carboxylic acids is 1. The highest BCUT2D eigenvalue weighted by Crippen LogP contribution is 2.41. The standard InChI is InChI=1S/C16H18N2O6S2/c1-24-11-4-2-3-10(7-11)18-12-8-26(22,23)9-13(12)25-16(18)17-14(19)5-6-15(20)21/h2-4,7,12-13H,5-6,8-9H2,1H3,(H,20,21)/t12-,13-/m1/s1. The zero-order valence-corrected chi connectivity index (χ0v) is 15.6. The number of fused-ring (bicyclic) bond motifs is 1. The van der Waals surface area contributed by atoms with Crippen molar-refractivity contribution >= 4 is 44.3 Å². The molecule has 1 aromatic rings. The molecule has 140 valence electrons. The summed E-state index contributed by atoms with van der Waals surface area (Å²) in [5.41, 5.74) is 0.686. The van der Waals surface area contributed by atoms with E-state index in [-0.39, 0.29) is 35.6 Å². The zero-order valence-electron chi connectivity index (χ0n) is 14.0. The quantitative estimate of drug-likeness (QED) is 0.786. The van der Waals surface area contributed by atoms with E-state index in [1.807, 2.05) is 0 Å². The molecule has 2 aliphatic heterocycles. The van der Waals surface area contributed by atoms with Gasteiger partial charge in [-0.1, -0.05) is 17.8 Å². The monoisotopic (exact) mass is 398 g/mol. The second-order valence-electron chi connectivity index (χ2n) is 6.05. The predicted molar refractivity (Wildman–Crippen MR) is 98.6 cm³/mol. The van der Waals surface area contributed by atoms with E-state index in [4.69, 9.17) is 9.84 Å². The summed E-state index contributed by atoms with van der Waals surface area (Å²) in [5.74, 6) is -0.973. The molecule has 0 aliphatic carbocycles. The van der Waals surface area contributed by atoms with Gasteiger partial charge in [0.25, 0.3) is 0 Å². The van der Waals surface area contributed by atoms with E-state index in [0.717, 1.165) is 0 Å². The Balaban J connectivity index is 1.93. The molecule has 2 aliphatic rings. The van der Waals surface area contributed by atoms with Crippen molar-refractivity contribution < 1.29 is 27.9 Å². The SMILES string of the molecule is COc1cccc(N2C(=NC(=O)CCC(=O)O)S[C@@H]3CS(=O)(=O)C[C@H]32)c1. The maximum Gasteiger partial charge on any atom is 0.303 e. The number of benzene rings is 1. The molecule has 2 heterocycles. The van der Waals surface area contributed by atoms with Crippen LogP contribution in [-0.2, 0) is 19.4 Å². The van der Waals surface area contributed by atoms with Crippen LogP contribution in [0.2, 0.25) is 0 Å². The first kappa shape index (κ1) is 18.7. The molecular weight excluding hydrogens is 380 g/mol. The number of thioether (sulfide) groups is 1. The molecule has 3 rings (SSSR count). The molecule has 2 atom stereocenters. The summed E-state index contributed by atoms with van der Waals surface area (Å²) in [6.45, 7) is 0. The highest BCUT2D eigenvalue weighted by molar-refractivity contribution is 8.16. The van der Waals surface area contributed by atoms with Gasteiger partial charge in [-0.3, -0.25) is 9.59 Å². The van der Waals surface area contributed by atoms with E-state index < -0.39 is 21.7 Å². The summed E-state index contributed by atoms with van der Waals surface area (Å²) in [6.07, 6.45) is -0.486. The summed E-state index contributed by atoms with van der Waals surface area (Å²) >= 11 is 1.25. The molecule has 1 amide bonds. The van der Waals surface area contributed by atoms with E-state index in [1.54, 1.807) is 29.2 Å². The largest absolute Gasteiger partial charge is 0.497 e. The molecule has 0 spiro atoms. The summed E-state index contributed by atoms with van der Waals surface area (Å²) in [6, 6.07) is 6.78. The Labute approximate surface area is 155 Å². The summed E-state index contributed by atoms with van der Waals surface area (Å²) in [5, 5.41) is 8.89. The Morgan fingerprint density at radius 2 is 2.12 bits per heavy atom. The summed E-state index contributed by atoms with van der Waals surface area (Å²) in [4.78, 5) is 28.5. The molecule has 8 nitrogen and oxygen atoms in total. The van der Waals surface area contributed by atoms with Crippen molar-refractivity contribution in [3.05, 3.63) is 24.3 Å². The predicted octanol–water partition coefficient (Wildman–Crippen LogP) is 1.16. The van der Waals surface area contributed by atoms with Crippen molar-refractivity contribution in [3.8, 4) is 5.75 Å². The van der Waals surface area contributed by atoms with Gasteiger partial charge in [-0.05, 0) is 12.1 Å². The van der Waals surface area contributed by atoms with Gasteiger partial charge in [-0.25, -0.2) is 8.42 Å². The molecular formula is C16H18N2O6S2. The van der Waals surface area contributed by atoms with Crippen LogP contribution < -0.4 is 9.64 Å². The van der Waals surface area contributed by atoms with E-state index >= 15 is 0 Å². The highest BCUT2D eigenvalue weighted by Gasteiger charge is 2.49. The third-order valence-electron chi connectivity index (χ3n) is 4.17. The minimum atomic E-state index is -3.15. The van der Waals surface area contributed by atoms with Crippen LogP contribution in [0.3, 0.4) is 0 Å². The molecule has 0 unspecified atom stereocenters. The number of anilines is 1. The van der Waals surface area contributed by atoms with Gasteiger partial charge in [0.1, 0.15) is 5.75 Å². The number of methoxy groups -OCH3 is 1. The normalized spacial score (nSPS) is 25.3. The van der Waals surface area contributed by atoms with Gasteiger partial charge in [-0.15, -0.1) is 0 Å². The van der Waals surface area contributed by atoms with E-state index in [9.17, 15) is 18.0 Å². The van der Waals surface area contributed by atoms with Crippen LogP contribution in [0.5, 0.6) is 5.75 Å². The van der Waals surface area contributed by atoms with E-state index in [2.05, 4.69) is 4.99 Å². The minimum Gasteiger partial charge on any atom is -0.497 e. The third kappa shape index (κ3) is 4.01. The Bertz CT molecular complexity index is 867. The van der Waals surface area contributed by atoms with Gasteiger partial charge in [0.05, 0.1) is 31.1 Å². The lowest BCUT2D eigenvalue weighted by Gasteiger charge is -2.24. The molecule has 0 radical (unpaired) electrons. The molecule has 0 bridgehead atoms. The van der Waals surface area contributed by atoms with Crippen molar-refractivity contribution in [3.63, 3.8) is 0 Å². The molecule has 26 heavy (non-hydrogen) atoms. The number of nitrogens with zero attached hydrogens (tertiary/aromatic N) is 2. The highest BCUT2D eigenvalue weighted by atomic mass is 32.2. The number of amidine groups is 1. The molecule has 2 fully saturated rings. The lowest BCUT2D eigenvalue weighted by atomic mass is 10.2. The van der Waals surface area contributed by atoms with Crippen LogP contribution in [0.4, 0.5) is 5.69 Å². The molecule has 0 aromatic heterocycles. The van der Waals surface area contributed by atoms with Crippen molar-refractivity contribution in [2.45, 2.75) is 24.1 Å². The van der Waals surface area contributed by atoms with Crippen molar-refractivity contribution in [1.29, 1.82) is 0 Å². The second-order valence-corrected chi connectivity index (χ2v) is 9.41. The van der Waals surface area contributed by atoms with Crippen LogP contribution in [0.1, 0.15) is 12.8 Å². The molecule has 2 saturated heterocycles. The third-order valence-corrected chi connectivity index (χ3v) is 7.38. The topological polar surface area (TPSA) is 113 Å². The van der Waals surface area contributed by atoms with Gasteiger partial charge in [0.2, 0.25) is 5.91 Å². The van der Waals surface area contributed by atoms with Gasteiger partial charge >= 0.3 is 5.97 Å². The van der Waals surface area contributed by atoms with E-state index in [1.165, 1.54) is 18.9 Å². The molecule has 0 saturated carbocycles. The van der Waals surface area contributed by atoms with Crippen LogP contribution in [0, 0.1) is 0 Å². The zero-order chi connectivity index (χ0) is 18.9.